The Hall–Kier alpha value is -2.13. The zero-order chi connectivity index (χ0) is 13.8. The van der Waals surface area contributed by atoms with Crippen molar-refractivity contribution in [2.45, 2.75) is 6.42 Å². The summed E-state index contributed by atoms with van der Waals surface area (Å²) in [6, 6.07) is 12.7. The Morgan fingerprint density at radius 2 is 1.42 bits per heavy atom. The Labute approximate surface area is 115 Å². The first kappa shape index (κ1) is 13.3. The molecule has 19 heavy (non-hydrogen) atoms. The van der Waals surface area contributed by atoms with Crippen LogP contribution in [0.15, 0.2) is 48.5 Å². The fourth-order valence-electron chi connectivity index (χ4n) is 1.73. The molecular weight excluding hydrogens is 264 g/mol. The Bertz CT molecular complexity index is 579. The molecule has 0 saturated carbocycles. The molecule has 2 rings (SSSR count). The topological polar surface area (TPSA) is 54.4 Å². The van der Waals surface area contributed by atoms with Crippen LogP contribution in [0.25, 0.3) is 0 Å². The van der Waals surface area contributed by atoms with E-state index in [-0.39, 0.29) is 23.5 Å². The van der Waals surface area contributed by atoms with Crippen molar-refractivity contribution in [2.24, 2.45) is 0 Å². The van der Waals surface area contributed by atoms with E-state index in [0.29, 0.717) is 10.6 Å². The molecule has 0 aliphatic rings. The van der Waals surface area contributed by atoms with Crippen molar-refractivity contribution >= 4 is 23.2 Å². The first-order valence-electron chi connectivity index (χ1n) is 5.68. The maximum absolute atomic E-state index is 12.0. The van der Waals surface area contributed by atoms with E-state index in [0.717, 1.165) is 0 Å². The highest BCUT2D eigenvalue weighted by Crippen LogP contribution is 2.21. The van der Waals surface area contributed by atoms with Crippen molar-refractivity contribution in [3.8, 4) is 5.75 Å². The second-order valence-corrected chi connectivity index (χ2v) is 4.43. The van der Waals surface area contributed by atoms with E-state index in [1.54, 1.807) is 36.4 Å². The summed E-state index contributed by atoms with van der Waals surface area (Å²) in [6.07, 6.45) is -0.318. The molecule has 3 nitrogen and oxygen atoms in total. The average molecular weight is 275 g/mol. The summed E-state index contributed by atoms with van der Waals surface area (Å²) in [5.41, 5.74) is 0.454. The second kappa shape index (κ2) is 5.67. The van der Waals surface area contributed by atoms with Gasteiger partial charge in [0.15, 0.2) is 11.6 Å². The highest BCUT2D eigenvalue weighted by atomic mass is 35.5. The molecule has 0 unspecified atom stereocenters. The van der Waals surface area contributed by atoms with Gasteiger partial charge in [0.1, 0.15) is 5.75 Å². The van der Waals surface area contributed by atoms with Crippen LogP contribution in [0, 0.1) is 0 Å². The van der Waals surface area contributed by atoms with Crippen molar-refractivity contribution in [3.05, 3.63) is 64.7 Å². The van der Waals surface area contributed by atoms with Gasteiger partial charge in [0, 0.05) is 5.56 Å². The van der Waals surface area contributed by atoms with Crippen LogP contribution < -0.4 is 0 Å². The number of phenolic OH excluding ortho intramolecular Hbond substituents is 1. The summed E-state index contributed by atoms with van der Waals surface area (Å²) < 4.78 is 0. The van der Waals surface area contributed by atoms with Crippen LogP contribution in [-0.2, 0) is 0 Å². The van der Waals surface area contributed by atoms with Gasteiger partial charge in [-0.2, -0.15) is 0 Å². The molecule has 0 saturated heterocycles. The number of halogens is 1. The number of phenols is 1. The van der Waals surface area contributed by atoms with Gasteiger partial charge in [0.25, 0.3) is 0 Å². The lowest BCUT2D eigenvalue weighted by Gasteiger charge is -2.04. The molecule has 0 aliphatic carbocycles. The van der Waals surface area contributed by atoms with E-state index in [1.807, 2.05) is 0 Å². The third-order valence-corrected chi connectivity index (χ3v) is 3.03. The minimum atomic E-state index is -0.428. The van der Waals surface area contributed by atoms with E-state index in [2.05, 4.69) is 0 Å². The average Bonchev–Trinajstić information content (AvgIpc) is 2.39. The molecule has 2 aromatic carbocycles. The summed E-state index contributed by atoms with van der Waals surface area (Å²) in [4.78, 5) is 23.9. The summed E-state index contributed by atoms with van der Waals surface area (Å²) in [6.45, 7) is 0. The zero-order valence-electron chi connectivity index (χ0n) is 9.97. The summed E-state index contributed by atoms with van der Waals surface area (Å²) >= 11 is 5.90. The number of ketones is 2. The van der Waals surface area contributed by atoms with Gasteiger partial charge in [0.05, 0.1) is 17.0 Å². The van der Waals surface area contributed by atoms with Crippen LogP contribution in [0.2, 0.25) is 5.02 Å². The third kappa shape index (κ3) is 3.01. The van der Waals surface area contributed by atoms with Crippen LogP contribution in [0.4, 0.5) is 0 Å². The van der Waals surface area contributed by atoms with Crippen LogP contribution in [-0.4, -0.2) is 16.7 Å². The predicted octanol–water partition coefficient (Wildman–Crippen LogP) is 3.50. The van der Waals surface area contributed by atoms with Gasteiger partial charge in [-0.25, -0.2) is 0 Å². The van der Waals surface area contributed by atoms with Gasteiger partial charge in [-0.3, -0.25) is 9.59 Å². The number of hydrogen-bond donors (Lipinski definition) is 1. The highest BCUT2D eigenvalue weighted by molar-refractivity contribution is 6.34. The van der Waals surface area contributed by atoms with Crippen molar-refractivity contribution in [3.63, 3.8) is 0 Å². The molecule has 0 spiro atoms. The van der Waals surface area contributed by atoms with Crippen molar-refractivity contribution < 1.29 is 14.7 Å². The normalized spacial score (nSPS) is 10.2. The minimum absolute atomic E-state index is 0.126. The molecule has 0 bridgehead atoms. The molecule has 0 fully saturated rings. The number of hydrogen-bond acceptors (Lipinski definition) is 3. The second-order valence-electron chi connectivity index (χ2n) is 4.02. The van der Waals surface area contributed by atoms with Gasteiger partial charge in [-0.15, -0.1) is 0 Å². The molecule has 4 heteroatoms. The summed E-state index contributed by atoms with van der Waals surface area (Å²) in [5.74, 6) is -0.915. The lowest BCUT2D eigenvalue weighted by molar-refractivity contribution is 0.0893. The monoisotopic (exact) mass is 274 g/mol. The van der Waals surface area contributed by atoms with Crippen molar-refractivity contribution in [2.75, 3.05) is 0 Å². The summed E-state index contributed by atoms with van der Waals surface area (Å²) in [7, 11) is 0. The molecule has 0 aliphatic heterocycles. The molecule has 0 atom stereocenters. The van der Waals surface area contributed by atoms with Crippen LogP contribution >= 0.6 is 11.6 Å². The Kier molecular flexibility index (Phi) is 3.97. The Balaban J connectivity index is 2.19. The van der Waals surface area contributed by atoms with E-state index in [9.17, 15) is 14.7 Å². The number of carbonyl (C=O) groups is 2. The van der Waals surface area contributed by atoms with Gasteiger partial charge in [-0.05, 0) is 24.3 Å². The number of carbonyl (C=O) groups excluding carboxylic acids is 2. The Morgan fingerprint density at radius 1 is 0.895 bits per heavy atom. The molecule has 0 aromatic heterocycles. The highest BCUT2D eigenvalue weighted by Gasteiger charge is 2.17. The molecular formula is C15H11ClO3. The molecule has 2 aromatic rings. The molecule has 96 valence electrons. The molecule has 0 amide bonds. The first-order valence-corrected chi connectivity index (χ1v) is 6.06. The maximum atomic E-state index is 12.0. The van der Waals surface area contributed by atoms with Gasteiger partial charge < -0.3 is 5.11 Å². The zero-order valence-corrected chi connectivity index (χ0v) is 10.7. The SMILES string of the molecule is O=C(CC(=O)c1ccccc1Cl)c1ccccc1O. The van der Waals surface area contributed by atoms with Crippen LogP contribution in [0.5, 0.6) is 5.75 Å². The third-order valence-electron chi connectivity index (χ3n) is 2.70. The quantitative estimate of drug-likeness (QED) is 0.686. The standard InChI is InChI=1S/C15H11ClO3/c16-12-7-3-1-5-10(12)14(18)9-15(19)11-6-2-4-8-13(11)17/h1-8,17H,9H2. The fourth-order valence-corrected chi connectivity index (χ4v) is 1.97. The number of aromatic hydroxyl groups is 1. The van der Waals surface area contributed by atoms with Gasteiger partial charge in [-0.1, -0.05) is 35.9 Å². The Morgan fingerprint density at radius 3 is 2.05 bits per heavy atom. The minimum Gasteiger partial charge on any atom is -0.507 e. The lowest BCUT2D eigenvalue weighted by atomic mass is 10.0. The maximum Gasteiger partial charge on any atom is 0.174 e. The van der Waals surface area contributed by atoms with E-state index >= 15 is 0 Å². The van der Waals surface area contributed by atoms with Gasteiger partial charge in [0.2, 0.25) is 0 Å². The number of para-hydroxylation sites is 1. The van der Waals surface area contributed by atoms with Gasteiger partial charge >= 0.3 is 0 Å². The summed E-state index contributed by atoms with van der Waals surface area (Å²) in [5, 5.41) is 9.88. The largest absolute Gasteiger partial charge is 0.507 e. The smallest absolute Gasteiger partial charge is 0.174 e. The fraction of sp³-hybridized carbons (Fsp3) is 0.0667. The number of benzene rings is 2. The van der Waals surface area contributed by atoms with Crippen LogP contribution in [0.3, 0.4) is 0 Å². The van der Waals surface area contributed by atoms with Crippen LogP contribution in [0.1, 0.15) is 27.1 Å². The van der Waals surface area contributed by atoms with E-state index < -0.39 is 5.78 Å². The first-order chi connectivity index (χ1) is 9.09. The van der Waals surface area contributed by atoms with E-state index in [4.69, 9.17) is 11.6 Å². The molecule has 0 heterocycles. The van der Waals surface area contributed by atoms with Crippen molar-refractivity contribution in [1.29, 1.82) is 0 Å². The van der Waals surface area contributed by atoms with Crippen molar-refractivity contribution in [1.82, 2.24) is 0 Å². The number of Topliss-reactive ketones (excluding diaryl/α,β-unsaturated/α-hetero) is 2. The lowest BCUT2D eigenvalue weighted by Crippen LogP contribution is -2.09. The molecule has 1 N–H and O–H groups in total. The van der Waals surface area contributed by atoms with E-state index in [1.165, 1.54) is 12.1 Å². The molecule has 0 radical (unpaired) electrons. The predicted molar refractivity (Wildman–Crippen MR) is 72.8 cm³/mol. The number of rotatable bonds is 4.